The third-order valence-electron chi connectivity index (χ3n) is 6.14. The van der Waals surface area contributed by atoms with E-state index < -0.39 is 0 Å². The number of rotatable bonds is 8. The molecule has 3 aromatic rings. The second-order valence-corrected chi connectivity index (χ2v) is 8.27. The van der Waals surface area contributed by atoms with E-state index in [9.17, 15) is 9.18 Å². The largest absolute Gasteiger partial charge is 0.384 e. The van der Waals surface area contributed by atoms with Crippen molar-refractivity contribution in [3.63, 3.8) is 0 Å². The molecule has 0 saturated carbocycles. The maximum Gasteiger partial charge on any atom is 0.137 e. The summed E-state index contributed by atoms with van der Waals surface area (Å²) in [6.45, 7) is 4.25. The number of anilines is 1. The number of aromatic nitrogens is 1. The third kappa shape index (κ3) is 5.58. The summed E-state index contributed by atoms with van der Waals surface area (Å²) in [5.41, 5.74) is 9.02. The Kier molecular flexibility index (Phi) is 7.24. The van der Waals surface area contributed by atoms with Crippen LogP contribution < -0.4 is 5.73 Å². The highest BCUT2D eigenvalue weighted by Gasteiger charge is 2.23. The van der Waals surface area contributed by atoms with Gasteiger partial charge in [-0.25, -0.2) is 9.37 Å². The molecule has 1 fully saturated rings. The average molecular weight is 433 g/mol. The molecule has 0 amide bonds. The summed E-state index contributed by atoms with van der Waals surface area (Å²) in [5, 5.41) is 0. The van der Waals surface area contributed by atoms with Crippen molar-refractivity contribution in [2.75, 3.05) is 38.5 Å². The van der Waals surface area contributed by atoms with E-state index in [1.807, 2.05) is 42.5 Å². The van der Waals surface area contributed by atoms with E-state index in [-0.39, 0.29) is 11.9 Å². The number of carbonyl (C=O) groups is 1. The van der Waals surface area contributed by atoms with Gasteiger partial charge in [0.15, 0.2) is 0 Å². The molecule has 2 N–H and O–H groups in total. The molecule has 2 aromatic carbocycles. The summed E-state index contributed by atoms with van der Waals surface area (Å²) >= 11 is 0. The van der Waals surface area contributed by atoms with Crippen LogP contribution in [0, 0.1) is 5.82 Å². The zero-order valence-electron chi connectivity index (χ0n) is 18.2. The van der Waals surface area contributed by atoms with Crippen molar-refractivity contribution >= 4 is 12.1 Å². The number of nitrogens with two attached hydrogens (primary N) is 1. The molecule has 4 rings (SSSR count). The Labute approximate surface area is 188 Å². The van der Waals surface area contributed by atoms with Crippen LogP contribution in [0.1, 0.15) is 11.1 Å². The van der Waals surface area contributed by atoms with E-state index in [1.54, 1.807) is 6.07 Å². The molecule has 6 heteroatoms. The summed E-state index contributed by atoms with van der Waals surface area (Å²) in [5.74, 6) is 0.209. The first-order valence-electron chi connectivity index (χ1n) is 11.1. The van der Waals surface area contributed by atoms with Gasteiger partial charge in [0.1, 0.15) is 17.9 Å². The molecule has 0 radical (unpaired) electrons. The average Bonchev–Trinajstić information content (AvgIpc) is 2.83. The van der Waals surface area contributed by atoms with Crippen molar-refractivity contribution in [2.45, 2.75) is 18.9 Å². The first kappa shape index (κ1) is 22.1. The van der Waals surface area contributed by atoms with Crippen LogP contribution in [0.4, 0.5) is 10.2 Å². The van der Waals surface area contributed by atoms with Crippen molar-refractivity contribution < 1.29 is 9.18 Å². The van der Waals surface area contributed by atoms with Crippen LogP contribution in [0.25, 0.3) is 11.3 Å². The Morgan fingerprint density at radius 2 is 1.78 bits per heavy atom. The molecule has 5 nitrogen and oxygen atoms in total. The maximum atomic E-state index is 14.7. The van der Waals surface area contributed by atoms with Crippen molar-refractivity contribution in [1.29, 1.82) is 0 Å². The lowest BCUT2D eigenvalue weighted by molar-refractivity contribution is -0.113. The second kappa shape index (κ2) is 10.5. The minimum absolute atomic E-state index is 0.0924. The fraction of sp³-hybridized carbons (Fsp3) is 0.308. The first-order chi connectivity index (χ1) is 15.6. The Hall–Kier alpha value is -3.09. The van der Waals surface area contributed by atoms with Gasteiger partial charge in [-0.3, -0.25) is 4.90 Å². The van der Waals surface area contributed by atoms with Gasteiger partial charge in [0.05, 0.1) is 11.7 Å². The predicted molar refractivity (Wildman–Crippen MR) is 126 cm³/mol. The standard InChI is InChI=1S/C26H29FN4O/c27-24-18-22(25-7-4-8-26(28)29-25)10-9-21(24)11-12-30-13-15-31(16-14-30)23(19-32)17-20-5-2-1-3-6-20/h1-10,18-19,23H,11-17H2,(H2,28,29). The van der Waals surface area contributed by atoms with E-state index >= 15 is 0 Å². The van der Waals surface area contributed by atoms with Crippen LogP contribution in [0.3, 0.4) is 0 Å². The Balaban J connectivity index is 1.29. The topological polar surface area (TPSA) is 62.5 Å². The number of hydrogen-bond acceptors (Lipinski definition) is 5. The Morgan fingerprint density at radius 1 is 1.00 bits per heavy atom. The molecule has 1 saturated heterocycles. The van der Waals surface area contributed by atoms with Crippen molar-refractivity contribution in [1.82, 2.24) is 14.8 Å². The molecule has 1 atom stereocenters. The summed E-state index contributed by atoms with van der Waals surface area (Å²) < 4.78 is 14.7. The zero-order chi connectivity index (χ0) is 22.3. The van der Waals surface area contributed by atoms with E-state index in [0.29, 0.717) is 23.5 Å². The molecule has 0 spiro atoms. The van der Waals surface area contributed by atoms with Gasteiger partial charge in [-0.15, -0.1) is 0 Å². The zero-order valence-corrected chi connectivity index (χ0v) is 18.2. The van der Waals surface area contributed by atoms with Crippen LogP contribution in [0.15, 0.2) is 66.7 Å². The number of hydrogen-bond donors (Lipinski definition) is 1. The lowest BCUT2D eigenvalue weighted by Crippen LogP contribution is -2.51. The van der Waals surface area contributed by atoms with Crippen LogP contribution in [-0.2, 0) is 17.6 Å². The van der Waals surface area contributed by atoms with Gasteiger partial charge in [0.25, 0.3) is 0 Å². The lowest BCUT2D eigenvalue weighted by atomic mass is 10.0. The molecule has 1 aromatic heterocycles. The van der Waals surface area contributed by atoms with Gasteiger partial charge < -0.3 is 15.4 Å². The van der Waals surface area contributed by atoms with Gasteiger partial charge in [-0.1, -0.05) is 48.5 Å². The van der Waals surface area contributed by atoms with Crippen molar-refractivity contribution in [3.05, 3.63) is 83.7 Å². The third-order valence-corrected chi connectivity index (χ3v) is 6.14. The van der Waals surface area contributed by atoms with E-state index in [4.69, 9.17) is 5.73 Å². The van der Waals surface area contributed by atoms with Gasteiger partial charge in [0.2, 0.25) is 0 Å². The van der Waals surface area contributed by atoms with Crippen molar-refractivity contribution in [3.8, 4) is 11.3 Å². The van der Waals surface area contributed by atoms with Crippen molar-refractivity contribution in [2.24, 2.45) is 0 Å². The molecule has 2 heterocycles. The lowest BCUT2D eigenvalue weighted by Gasteiger charge is -2.37. The fourth-order valence-electron chi connectivity index (χ4n) is 4.24. The molecule has 0 bridgehead atoms. The number of halogens is 1. The van der Waals surface area contributed by atoms with Gasteiger partial charge >= 0.3 is 0 Å². The Morgan fingerprint density at radius 3 is 2.47 bits per heavy atom. The number of carbonyl (C=O) groups excluding carboxylic acids is 1. The SMILES string of the molecule is Nc1cccc(-c2ccc(CCN3CCN(C(C=O)Cc4ccccc4)CC3)c(F)c2)n1. The van der Waals surface area contributed by atoms with E-state index in [1.165, 1.54) is 11.6 Å². The van der Waals surface area contributed by atoms with Gasteiger partial charge in [-0.2, -0.15) is 0 Å². The number of nitrogens with zero attached hydrogens (tertiary/aromatic N) is 3. The van der Waals surface area contributed by atoms with Gasteiger partial charge in [-0.05, 0) is 42.2 Å². The minimum Gasteiger partial charge on any atom is -0.384 e. The quantitative estimate of drug-likeness (QED) is 0.553. The molecule has 32 heavy (non-hydrogen) atoms. The molecule has 1 aliphatic heterocycles. The number of pyridine rings is 1. The second-order valence-electron chi connectivity index (χ2n) is 8.27. The molecule has 1 unspecified atom stereocenters. The summed E-state index contributed by atoms with van der Waals surface area (Å²) in [6.07, 6.45) is 2.45. The van der Waals surface area contributed by atoms with Gasteiger partial charge in [0, 0.05) is 38.3 Å². The summed E-state index contributed by atoms with van der Waals surface area (Å²) in [7, 11) is 0. The smallest absolute Gasteiger partial charge is 0.137 e. The van der Waals surface area contributed by atoms with E-state index in [0.717, 1.165) is 51.0 Å². The molecule has 0 aliphatic carbocycles. The highest BCUT2D eigenvalue weighted by Crippen LogP contribution is 2.22. The molecule has 166 valence electrons. The number of aldehydes is 1. The molecular formula is C26H29FN4O. The fourth-order valence-corrected chi connectivity index (χ4v) is 4.24. The molecular weight excluding hydrogens is 403 g/mol. The van der Waals surface area contributed by atoms with Crippen LogP contribution in [0.5, 0.6) is 0 Å². The minimum atomic E-state index is -0.214. The highest BCUT2D eigenvalue weighted by atomic mass is 19.1. The number of benzene rings is 2. The van der Waals surface area contributed by atoms with Crippen LogP contribution in [0.2, 0.25) is 0 Å². The maximum absolute atomic E-state index is 14.7. The monoisotopic (exact) mass is 432 g/mol. The normalized spacial score (nSPS) is 16.0. The highest BCUT2D eigenvalue weighted by molar-refractivity contribution is 5.61. The van der Waals surface area contributed by atoms with E-state index in [2.05, 4.69) is 26.9 Å². The number of nitrogen functional groups attached to an aromatic ring is 1. The molecule has 1 aliphatic rings. The Bertz CT molecular complexity index is 1040. The summed E-state index contributed by atoms with van der Waals surface area (Å²) in [6, 6.07) is 20.7. The van der Waals surface area contributed by atoms with Crippen LogP contribution in [-0.4, -0.2) is 59.8 Å². The number of piperazine rings is 1. The van der Waals surface area contributed by atoms with Crippen LogP contribution >= 0.6 is 0 Å². The predicted octanol–water partition coefficient (Wildman–Crippen LogP) is 3.44. The first-order valence-corrected chi connectivity index (χ1v) is 11.1. The summed E-state index contributed by atoms with van der Waals surface area (Å²) in [4.78, 5) is 20.5.